The summed E-state index contributed by atoms with van der Waals surface area (Å²) in [5.41, 5.74) is 5.38. The summed E-state index contributed by atoms with van der Waals surface area (Å²) in [6, 6.07) is 4.11. The number of nitrogens with one attached hydrogen (secondary N) is 5. The zero-order valence-corrected chi connectivity index (χ0v) is 17.9. The van der Waals surface area contributed by atoms with Crippen molar-refractivity contribution < 1.29 is 24.0 Å². The lowest BCUT2D eigenvalue weighted by molar-refractivity contribution is -0.129. The van der Waals surface area contributed by atoms with Gasteiger partial charge in [0.25, 0.3) is 11.8 Å². The number of amides is 3. The van der Waals surface area contributed by atoms with E-state index >= 15 is 0 Å². The van der Waals surface area contributed by atoms with E-state index in [0.717, 1.165) is 0 Å². The summed E-state index contributed by atoms with van der Waals surface area (Å²) < 4.78 is 13.7. The number of benzene rings is 1. The minimum Gasteiger partial charge on any atom is -0.358 e. The number of carbonyl (C=O) groups is 3. The predicted octanol–water partition coefficient (Wildman–Crippen LogP) is 1.87. The Hall–Kier alpha value is -3.50. The molecule has 170 valence electrons. The third kappa shape index (κ3) is 5.21. The molecule has 0 saturated heterocycles. The van der Waals surface area contributed by atoms with Gasteiger partial charge < -0.3 is 20.9 Å². The average molecular weight is 443 g/mol. The third-order valence-electron chi connectivity index (χ3n) is 5.23. The summed E-state index contributed by atoms with van der Waals surface area (Å²) >= 11 is 0. The number of fused-ring (bicyclic) bond motifs is 1. The SMILES string of the molecule is Cc1[nH]c(C=C2C(=O)Nc3ccc(F)cc32)c(C)c1C(=O)NCCNCCCC(=O)NO. The zero-order valence-electron chi connectivity index (χ0n) is 17.9. The van der Waals surface area contributed by atoms with Crippen LogP contribution < -0.4 is 21.4 Å². The van der Waals surface area contributed by atoms with Crippen molar-refractivity contribution in [3.05, 3.63) is 52.1 Å². The highest BCUT2D eigenvalue weighted by atomic mass is 19.1. The van der Waals surface area contributed by atoms with Crippen LogP contribution in [-0.2, 0) is 9.59 Å². The highest BCUT2D eigenvalue weighted by molar-refractivity contribution is 6.34. The van der Waals surface area contributed by atoms with Crippen molar-refractivity contribution in [3.63, 3.8) is 0 Å². The molecule has 0 aliphatic carbocycles. The highest BCUT2D eigenvalue weighted by Crippen LogP contribution is 2.34. The van der Waals surface area contributed by atoms with E-state index in [1.54, 1.807) is 25.4 Å². The van der Waals surface area contributed by atoms with E-state index in [2.05, 4.69) is 20.9 Å². The summed E-state index contributed by atoms with van der Waals surface area (Å²) in [6.45, 7) is 5.05. The number of halogens is 1. The van der Waals surface area contributed by atoms with Crippen molar-refractivity contribution in [2.75, 3.05) is 25.0 Å². The molecule has 1 aliphatic rings. The summed E-state index contributed by atoms with van der Waals surface area (Å²) in [6.07, 6.45) is 2.41. The number of rotatable bonds is 9. The number of aryl methyl sites for hydroxylation is 1. The quantitative estimate of drug-likeness (QED) is 0.152. The monoisotopic (exact) mass is 443 g/mol. The normalized spacial score (nSPS) is 13.8. The highest BCUT2D eigenvalue weighted by Gasteiger charge is 2.26. The smallest absolute Gasteiger partial charge is 0.256 e. The fraction of sp³-hybridized carbons (Fsp3) is 0.318. The van der Waals surface area contributed by atoms with Crippen LogP contribution >= 0.6 is 0 Å². The Labute approximate surface area is 184 Å². The van der Waals surface area contributed by atoms with Crippen molar-refractivity contribution in [2.45, 2.75) is 26.7 Å². The number of aromatic nitrogens is 1. The fourth-order valence-electron chi connectivity index (χ4n) is 3.61. The molecule has 2 heterocycles. The maximum atomic E-state index is 13.7. The van der Waals surface area contributed by atoms with E-state index in [-0.39, 0.29) is 18.2 Å². The molecule has 9 nitrogen and oxygen atoms in total. The molecule has 0 saturated carbocycles. The van der Waals surface area contributed by atoms with Crippen molar-refractivity contribution in [1.82, 2.24) is 21.1 Å². The maximum Gasteiger partial charge on any atom is 0.256 e. The predicted molar refractivity (Wildman–Crippen MR) is 118 cm³/mol. The molecule has 6 N–H and O–H groups in total. The molecule has 1 aromatic carbocycles. The topological polar surface area (TPSA) is 135 Å². The zero-order chi connectivity index (χ0) is 23.3. The van der Waals surface area contributed by atoms with Crippen LogP contribution in [0.25, 0.3) is 11.6 Å². The maximum absolute atomic E-state index is 13.7. The Bertz CT molecular complexity index is 1080. The molecular formula is C22H26FN5O4. The lowest BCUT2D eigenvalue weighted by Crippen LogP contribution is -2.33. The molecule has 2 aromatic rings. The second-order valence-corrected chi connectivity index (χ2v) is 7.51. The first-order valence-corrected chi connectivity index (χ1v) is 10.3. The van der Waals surface area contributed by atoms with E-state index in [1.807, 2.05) is 0 Å². The number of hydrogen-bond donors (Lipinski definition) is 6. The fourth-order valence-corrected chi connectivity index (χ4v) is 3.61. The first-order chi connectivity index (χ1) is 15.3. The van der Waals surface area contributed by atoms with E-state index in [0.29, 0.717) is 65.4 Å². The second-order valence-electron chi connectivity index (χ2n) is 7.51. The number of anilines is 1. The van der Waals surface area contributed by atoms with Gasteiger partial charge in [-0.3, -0.25) is 19.6 Å². The van der Waals surface area contributed by atoms with Gasteiger partial charge in [0.15, 0.2) is 0 Å². The van der Waals surface area contributed by atoms with Crippen LogP contribution in [-0.4, -0.2) is 47.5 Å². The summed E-state index contributed by atoms with van der Waals surface area (Å²) in [7, 11) is 0. The first kappa shape index (κ1) is 23.2. The van der Waals surface area contributed by atoms with Crippen LogP contribution in [0.3, 0.4) is 0 Å². The molecule has 1 aromatic heterocycles. The molecule has 1 aliphatic heterocycles. The van der Waals surface area contributed by atoms with Gasteiger partial charge >= 0.3 is 0 Å². The Morgan fingerprint density at radius 3 is 2.72 bits per heavy atom. The van der Waals surface area contributed by atoms with Gasteiger partial charge in [0, 0.05) is 42.1 Å². The Balaban J connectivity index is 1.62. The van der Waals surface area contributed by atoms with Gasteiger partial charge in [-0.15, -0.1) is 0 Å². The van der Waals surface area contributed by atoms with Crippen molar-refractivity contribution in [1.29, 1.82) is 0 Å². The van der Waals surface area contributed by atoms with E-state index in [1.165, 1.54) is 18.2 Å². The van der Waals surface area contributed by atoms with Crippen LogP contribution in [0.5, 0.6) is 0 Å². The molecule has 0 unspecified atom stereocenters. The summed E-state index contributed by atoms with van der Waals surface area (Å²) in [4.78, 5) is 39.1. The van der Waals surface area contributed by atoms with Crippen LogP contribution in [0.1, 0.15) is 45.7 Å². The van der Waals surface area contributed by atoms with Gasteiger partial charge in [0.1, 0.15) is 5.82 Å². The van der Waals surface area contributed by atoms with Gasteiger partial charge in [-0.2, -0.15) is 0 Å². The minimum atomic E-state index is -0.437. The Kier molecular flexibility index (Phi) is 7.39. The van der Waals surface area contributed by atoms with Crippen LogP contribution in [0.4, 0.5) is 10.1 Å². The molecule has 0 radical (unpaired) electrons. The lowest BCUT2D eigenvalue weighted by atomic mass is 10.0. The van der Waals surface area contributed by atoms with Gasteiger partial charge in [-0.25, -0.2) is 9.87 Å². The lowest BCUT2D eigenvalue weighted by Gasteiger charge is -2.07. The molecule has 0 fully saturated rings. The molecule has 0 spiro atoms. The number of hydrogen-bond acceptors (Lipinski definition) is 5. The number of aromatic amines is 1. The standard InChI is InChI=1S/C22H26FN5O4/c1-12-18(11-16-15-10-14(23)5-6-17(15)27-21(16)30)26-13(2)20(12)22(31)25-9-8-24-7-3-4-19(29)28-32/h5-6,10-11,24,26,32H,3-4,7-9H2,1-2H3,(H,25,31)(H,27,30)(H,28,29). The second kappa shape index (κ2) is 10.2. The van der Waals surface area contributed by atoms with Crippen LogP contribution in [0.15, 0.2) is 18.2 Å². The molecule has 32 heavy (non-hydrogen) atoms. The first-order valence-electron chi connectivity index (χ1n) is 10.3. The van der Waals surface area contributed by atoms with Gasteiger partial charge in [-0.1, -0.05) is 0 Å². The third-order valence-corrected chi connectivity index (χ3v) is 5.23. The average Bonchev–Trinajstić information content (AvgIpc) is 3.22. The molecular weight excluding hydrogens is 417 g/mol. The Morgan fingerprint density at radius 2 is 1.97 bits per heavy atom. The summed E-state index contributed by atoms with van der Waals surface area (Å²) in [5.74, 6) is -1.45. The molecule has 0 bridgehead atoms. The van der Waals surface area contributed by atoms with Crippen molar-refractivity contribution >= 4 is 35.1 Å². The molecule has 0 atom stereocenters. The van der Waals surface area contributed by atoms with Crippen LogP contribution in [0.2, 0.25) is 0 Å². The minimum absolute atomic E-state index is 0.213. The molecule has 3 amide bonds. The largest absolute Gasteiger partial charge is 0.358 e. The molecule has 3 rings (SSSR count). The van der Waals surface area contributed by atoms with E-state index in [4.69, 9.17) is 5.21 Å². The Morgan fingerprint density at radius 1 is 1.19 bits per heavy atom. The van der Waals surface area contributed by atoms with Crippen molar-refractivity contribution in [2.24, 2.45) is 0 Å². The number of H-pyrrole nitrogens is 1. The van der Waals surface area contributed by atoms with Gasteiger partial charge in [-0.05, 0) is 56.7 Å². The van der Waals surface area contributed by atoms with Crippen molar-refractivity contribution in [3.8, 4) is 0 Å². The van der Waals surface area contributed by atoms with Gasteiger partial charge in [0.05, 0.1) is 11.1 Å². The summed E-state index contributed by atoms with van der Waals surface area (Å²) in [5, 5.41) is 17.1. The molecule has 10 heteroatoms. The van der Waals surface area contributed by atoms with Gasteiger partial charge in [0.2, 0.25) is 5.91 Å². The number of hydroxylamine groups is 1. The van der Waals surface area contributed by atoms with E-state index < -0.39 is 11.7 Å². The number of carbonyl (C=O) groups excluding carboxylic acids is 3. The van der Waals surface area contributed by atoms with E-state index in [9.17, 15) is 18.8 Å². The van der Waals surface area contributed by atoms with Crippen LogP contribution in [0, 0.1) is 19.7 Å².